The van der Waals surface area contributed by atoms with Gasteiger partial charge in [0.1, 0.15) is 12.7 Å². The summed E-state index contributed by atoms with van der Waals surface area (Å²) >= 11 is 0. The van der Waals surface area contributed by atoms with Gasteiger partial charge in [0, 0.05) is 13.1 Å². The third kappa shape index (κ3) is 3.88. The number of aromatic nitrogens is 3. The molecule has 0 saturated heterocycles. The quantitative estimate of drug-likeness (QED) is 0.660. The Morgan fingerprint density at radius 1 is 1.15 bits per heavy atom. The Morgan fingerprint density at radius 3 is 2.54 bits per heavy atom. The minimum Gasteiger partial charge on any atom is -0.335 e. The molecule has 5 heteroatoms. The third-order valence-electron chi connectivity index (χ3n) is 4.58. The topological polar surface area (TPSA) is 51.0 Å². The molecule has 132 valence electrons. The van der Waals surface area contributed by atoms with E-state index in [4.69, 9.17) is 0 Å². The first-order valence-corrected chi connectivity index (χ1v) is 8.51. The van der Waals surface area contributed by atoms with Gasteiger partial charge in [-0.15, -0.1) is 0 Å². The lowest BCUT2D eigenvalue weighted by Crippen LogP contribution is -2.28. The first-order chi connectivity index (χ1) is 12.6. The summed E-state index contributed by atoms with van der Waals surface area (Å²) in [6.45, 7) is 4.05. The van der Waals surface area contributed by atoms with E-state index < -0.39 is 0 Å². The van der Waals surface area contributed by atoms with E-state index >= 15 is 0 Å². The van der Waals surface area contributed by atoms with Gasteiger partial charge in [0.15, 0.2) is 0 Å². The van der Waals surface area contributed by atoms with Crippen LogP contribution in [-0.4, -0.2) is 32.6 Å². The first-order valence-electron chi connectivity index (χ1n) is 8.51. The minimum atomic E-state index is -0.0335. The summed E-state index contributed by atoms with van der Waals surface area (Å²) in [5.74, 6) is -0.0268. The molecule has 0 aliphatic rings. The lowest BCUT2D eigenvalue weighted by Gasteiger charge is -2.24. The zero-order valence-electron chi connectivity index (χ0n) is 15.2. The van der Waals surface area contributed by atoms with Crippen LogP contribution in [0, 0.1) is 6.92 Å². The highest BCUT2D eigenvalue weighted by molar-refractivity contribution is 5.92. The van der Waals surface area contributed by atoms with Gasteiger partial charge in [0.2, 0.25) is 5.91 Å². The summed E-state index contributed by atoms with van der Waals surface area (Å²) in [6.07, 6.45) is 6.66. The number of amides is 1. The monoisotopic (exact) mass is 346 g/mol. The number of carbonyl (C=O) groups excluding carboxylic acids is 1. The zero-order chi connectivity index (χ0) is 18.5. The molecule has 1 amide bonds. The Labute approximate surface area is 153 Å². The summed E-state index contributed by atoms with van der Waals surface area (Å²) in [4.78, 5) is 18.2. The average molecular weight is 346 g/mol. The van der Waals surface area contributed by atoms with Crippen molar-refractivity contribution in [2.75, 3.05) is 7.05 Å². The van der Waals surface area contributed by atoms with Gasteiger partial charge < -0.3 is 4.90 Å². The Balaban J connectivity index is 1.69. The maximum atomic E-state index is 12.5. The van der Waals surface area contributed by atoms with Crippen molar-refractivity contribution >= 4 is 12.0 Å². The van der Waals surface area contributed by atoms with Crippen LogP contribution in [0.25, 0.3) is 11.8 Å². The van der Waals surface area contributed by atoms with Crippen LogP contribution in [0.2, 0.25) is 0 Å². The van der Waals surface area contributed by atoms with Crippen molar-refractivity contribution < 1.29 is 4.79 Å². The largest absolute Gasteiger partial charge is 0.335 e. The van der Waals surface area contributed by atoms with Gasteiger partial charge in [0.25, 0.3) is 0 Å². The fraction of sp³-hybridized carbons (Fsp3) is 0.190. The van der Waals surface area contributed by atoms with E-state index in [0.29, 0.717) is 0 Å². The van der Waals surface area contributed by atoms with E-state index in [2.05, 4.69) is 10.1 Å². The van der Waals surface area contributed by atoms with Crippen LogP contribution in [0.3, 0.4) is 0 Å². The van der Waals surface area contributed by atoms with E-state index in [0.717, 1.165) is 22.4 Å². The van der Waals surface area contributed by atoms with Crippen molar-refractivity contribution in [3.8, 4) is 5.69 Å². The van der Waals surface area contributed by atoms with Crippen molar-refractivity contribution in [3.05, 3.63) is 84.0 Å². The predicted molar refractivity (Wildman–Crippen MR) is 103 cm³/mol. The molecule has 2 aromatic carbocycles. The van der Waals surface area contributed by atoms with Gasteiger partial charge in [-0.1, -0.05) is 36.4 Å². The first kappa shape index (κ1) is 17.6. The predicted octanol–water partition coefficient (Wildman–Crippen LogP) is 3.81. The lowest BCUT2D eigenvalue weighted by atomic mass is 10.1. The fourth-order valence-corrected chi connectivity index (χ4v) is 2.71. The molecule has 0 saturated carbocycles. The van der Waals surface area contributed by atoms with Gasteiger partial charge >= 0.3 is 0 Å². The van der Waals surface area contributed by atoms with Crippen LogP contribution in [-0.2, 0) is 4.79 Å². The molecule has 0 radical (unpaired) electrons. The maximum absolute atomic E-state index is 12.5. The number of rotatable bonds is 5. The van der Waals surface area contributed by atoms with Crippen molar-refractivity contribution in [1.82, 2.24) is 19.7 Å². The molecule has 1 aromatic heterocycles. The molecule has 0 aliphatic carbocycles. The summed E-state index contributed by atoms with van der Waals surface area (Å²) in [6, 6.07) is 15.9. The molecule has 26 heavy (non-hydrogen) atoms. The number of nitrogens with zero attached hydrogens (tertiary/aromatic N) is 4. The summed E-state index contributed by atoms with van der Waals surface area (Å²) in [5, 5.41) is 4.12. The number of benzene rings is 2. The van der Waals surface area contributed by atoms with Gasteiger partial charge in [-0.25, -0.2) is 9.67 Å². The number of hydrogen-bond donors (Lipinski definition) is 0. The van der Waals surface area contributed by atoms with Crippen molar-refractivity contribution in [1.29, 1.82) is 0 Å². The molecular weight excluding hydrogens is 324 g/mol. The van der Waals surface area contributed by atoms with Crippen LogP contribution in [0.4, 0.5) is 0 Å². The van der Waals surface area contributed by atoms with Crippen LogP contribution in [0.1, 0.15) is 29.7 Å². The van der Waals surface area contributed by atoms with Gasteiger partial charge in [-0.3, -0.25) is 4.79 Å². The van der Waals surface area contributed by atoms with Crippen LogP contribution in [0.5, 0.6) is 0 Å². The summed E-state index contributed by atoms with van der Waals surface area (Å²) in [5.41, 5.74) is 4.20. The Hall–Kier alpha value is -3.21. The molecule has 3 aromatic rings. The SMILES string of the molecule is Cc1ccccc1/C=C/C(=O)N(C)[C@H](C)c1ccc(-n2cncn2)cc1. The molecule has 0 spiro atoms. The van der Waals surface area contributed by atoms with E-state index in [9.17, 15) is 4.79 Å². The zero-order valence-corrected chi connectivity index (χ0v) is 15.2. The van der Waals surface area contributed by atoms with E-state index in [-0.39, 0.29) is 11.9 Å². The van der Waals surface area contributed by atoms with Crippen molar-refractivity contribution in [2.45, 2.75) is 19.9 Å². The number of likely N-dealkylation sites (N-methyl/N-ethyl adjacent to an activating group) is 1. The number of hydrogen-bond acceptors (Lipinski definition) is 3. The van der Waals surface area contributed by atoms with Crippen LogP contribution < -0.4 is 0 Å². The molecule has 5 nitrogen and oxygen atoms in total. The Kier molecular flexibility index (Phi) is 5.27. The molecule has 0 fully saturated rings. The van der Waals surface area contributed by atoms with Gasteiger partial charge in [-0.2, -0.15) is 5.10 Å². The minimum absolute atomic E-state index is 0.0268. The van der Waals surface area contributed by atoms with E-state index in [1.165, 1.54) is 6.33 Å². The molecule has 3 rings (SSSR count). The number of aryl methyl sites for hydroxylation is 1. The molecule has 0 N–H and O–H groups in total. The lowest BCUT2D eigenvalue weighted by molar-refractivity contribution is -0.126. The molecule has 1 atom stereocenters. The molecular formula is C21H22N4O. The smallest absolute Gasteiger partial charge is 0.246 e. The third-order valence-corrected chi connectivity index (χ3v) is 4.58. The highest BCUT2D eigenvalue weighted by Crippen LogP contribution is 2.21. The molecule has 1 heterocycles. The van der Waals surface area contributed by atoms with Gasteiger partial charge in [0.05, 0.1) is 11.7 Å². The van der Waals surface area contributed by atoms with Crippen LogP contribution in [0.15, 0.2) is 67.3 Å². The second-order valence-corrected chi connectivity index (χ2v) is 6.25. The molecule has 0 unspecified atom stereocenters. The number of carbonyl (C=O) groups is 1. The summed E-state index contributed by atoms with van der Waals surface area (Å²) in [7, 11) is 1.82. The van der Waals surface area contributed by atoms with Gasteiger partial charge in [-0.05, 0) is 48.7 Å². The fourth-order valence-electron chi connectivity index (χ4n) is 2.71. The second-order valence-electron chi connectivity index (χ2n) is 6.25. The maximum Gasteiger partial charge on any atom is 0.246 e. The summed E-state index contributed by atoms with van der Waals surface area (Å²) < 4.78 is 1.70. The van der Waals surface area contributed by atoms with Crippen LogP contribution >= 0.6 is 0 Å². The van der Waals surface area contributed by atoms with Crippen molar-refractivity contribution in [2.24, 2.45) is 0 Å². The van der Waals surface area contributed by atoms with E-state index in [1.54, 1.807) is 22.0 Å². The highest BCUT2D eigenvalue weighted by Gasteiger charge is 2.15. The normalized spacial score (nSPS) is 12.3. The Bertz CT molecular complexity index is 898. The highest BCUT2D eigenvalue weighted by atomic mass is 16.2. The average Bonchev–Trinajstić information content (AvgIpc) is 3.21. The molecule has 0 bridgehead atoms. The van der Waals surface area contributed by atoms with Crippen molar-refractivity contribution in [3.63, 3.8) is 0 Å². The molecule has 0 aliphatic heterocycles. The Morgan fingerprint density at radius 2 is 1.88 bits per heavy atom. The second kappa shape index (κ2) is 7.78. The van der Waals surface area contributed by atoms with E-state index in [1.807, 2.05) is 75.5 Å². The standard InChI is InChI=1S/C21H22N4O/c1-16-6-4-5-7-18(16)10-13-21(26)24(3)17(2)19-8-11-20(12-9-19)25-15-22-14-23-25/h4-15,17H,1-3H3/b13-10+/t17-/m1/s1.